The van der Waals surface area contributed by atoms with Crippen LogP contribution in [0.1, 0.15) is 43.8 Å². The lowest BCUT2D eigenvalue weighted by molar-refractivity contribution is 0.0748. The van der Waals surface area contributed by atoms with Crippen LogP contribution in [0.2, 0.25) is 0 Å². The van der Waals surface area contributed by atoms with E-state index in [4.69, 9.17) is 0 Å². The summed E-state index contributed by atoms with van der Waals surface area (Å²) < 4.78 is 0. The summed E-state index contributed by atoms with van der Waals surface area (Å²) in [5, 5.41) is 5.44. The van der Waals surface area contributed by atoms with Crippen molar-refractivity contribution < 1.29 is 9.59 Å². The molecule has 0 saturated carbocycles. The summed E-state index contributed by atoms with van der Waals surface area (Å²) in [6, 6.07) is 11.8. The SMILES string of the molecule is Cc1ccnc(N2CCN(C(=O)c3ccsc3NC(=O)c3ccc4c(c3)CCC4)CC2)c1. The van der Waals surface area contributed by atoms with Crippen LogP contribution >= 0.6 is 11.3 Å². The van der Waals surface area contributed by atoms with E-state index in [0.29, 0.717) is 29.2 Å². The van der Waals surface area contributed by atoms with Crippen molar-refractivity contribution in [2.24, 2.45) is 0 Å². The summed E-state index contributed by atoms with van der Waals surface area (Å²) >= 11 is 1.39. The van der Waals surface area contributed by atoms with E-state index < -0.39 is 0 Å². The van der Waals surface area contributed by atoms with Crippen LogP contribution in [0.3, 0.4) is 0 Å². The Morgan fingerprint density at radius 3 is 2.62 bits per heavy atom. The number of carbonyl (C=O) groups excluding carboxylic acids is 2. The Morgan fingerprint density at radius 2 is 1.81 bits per heavy atom. The first-order valence-corrected chi connectivity index (χ1v) is 11.9. The number of carbonyl (C=O) groups is 2. The van der Waals surface area contributed by atoms with E-state index in [9.17, 15) is 9.59 Å². The highest BCUT2D eigenvalue weighted by atomic mass is 32.1. The van der Waals surface area contributed by atoms with Crippen LogP contribution in [0.15, 0.2) is 48.0 Å². The number of hydrogen-bond donors (Lipinski definition) is 1. The summed E-state index contributed by atoms with van der Waals surface area (Å²) in [5.74, 6) is 0.758. The number of aryl methyl sites for hydroxylation is 3. The molecule has 3 heterocycles. The highest BCUT2D eigenvalue weighted by Gasteiger charge is 2.26. The molecule has 0 atom stereocenters. The average molecular weight is 447 g/mol. The van der Waals surface area contributed by atoms with Gasteiger partial charge in [-0.15, -0.1) is 11.3 Å². The Morgan fingerprint density at radius 1 is 1.00 bits per heavy atom. The van der Waals surface area contributed by atoms with E-state index in [1.807, 2.05) is 34.7 Å². The first-order valence-electron chi connectivity index (χ1n) is 11.1. The van der Waals surface area contributed by atoms with E-state index in [2.05, 4.69) is 34.3 Å². The average Bonchev–Trinajstić information content (AvgIpc) is 3.47. The van der Waals surface area contributed by atoms with Gasteiger partial charge in [-0.05, 0) is 78.6 Å². The quantitative estimate of drug-likeness (QED) is 0.654. The van der Waals surface area contributed by atoms with E-state index >= 15 is 0 Å². The molecule has 32 heavy (non-hydrogen) atoms. The van der Waals surface area contributed by atoms with Crippen molar-refractivity contribution in [1.29, 1.82) is 0 Å². The third kappa shape index (κ3) is 4.12. The highest BCUT2D eigenvalue weighted by Crippen LogP contribution is 2.28. The van der Waals surface area contributed by atoms with Crippen LogP contribution in [0.5, 0.6) is 0 Å². The number of pyridine rings is 1. The minimum Gasteiger partial charge on any atom is -0.353 e. The van der Waals surface area contributed by atoms with Gasteiger partial charge in [0.2, 0.25) is 0 Å². The minimum atomic E-state index is -0.161. The fourth-order valence-electron chi connectivity index (χ4n) is 4.46. The predicted octanol–water partition coefficient (Wildman–Crippen LogP) is 4.15. The molecule has 7 heteroatoms. The molecular weight excluding hydrogens is 420 g/mol. The lowest BCUT2D eigenvalue weighted by atomic mass is 10.1. The molecule has 0 spiro atoms. The topological polar surface area (TPSA) is 65.5 Å². The van der Waals surface area contributed by atoms with Crippen LogP contribution < -0.4 is 10.2 Å². The first-order chi connectivity index (χ1) is 15.6. The van der Waals surface area contributed by atoms with Gasteiger partial charge in [-0.1, -0.05) is 6.07 Å². The number of nitrogens with zero attached hydrogens (tertiary/aromatic N) is 3. The van der Waals surface area contributed by atoms with Gasteiger partial charge in [-0.25, -0.2) is 4.98 Å². The Hall–Kier alpha value is -3.19. The number of fused-ring (bicyclic) bond motifs is 1. The molecule has 0 bridgehead atoms. The van der Waals surface area contributed by atoms with Gasteiger partial charge >= 0.3 is 0 Å². The summed E-state index contributed by atoms with van der Waals surface area (Å²) in [4.78, 5) is 34.6. The van der Waals surface area contributed by atoms with Crippen molar-refractivity contribution in [1.82, 2.24) is 9.88 Å². The molecule has 2 aliphatic rings. The Balaban J connectivity index is 1.24. The molecular formula is C25H26N4O2S. The normalized spacial score (nSPS) is 15.5. The van der Waals surface area contributed by atoms with Crippen LogP contribution in [0.25, 0.3) is 0 Å². The van der Waals surface area contributed by atoms with Gasteiger partial charge in [0.25, 0.3) is 11.8 Å². The molecule has 1 aromatic carbocycles. The molecule has 1 aliphatic carbocycles. The number of amides is 2. The van der Waals surface area contributed by atoms with E-state index in [0.717, 1.165) is 38.2 Å². The summed E-state index contributed by atoms with van der Waals surface area (Å²) in [7, 11) is 0. The maximum Gasteiger partial charge on any atom is 0.256 e. The molecule has 1 N–H and O–H groups in total. The molecule has 0 radical (unpaired) electrons. The van der Waals surface area contributed by atoms with Crippen LogP contribution in [0.4, 0.5) is 10.8 Å². The van der Waals surface area contributed by atoms with Crippen molar-refractivity contribution in [2.75, 3.05) is 36.4 Å². The maximum absolute atomic E-state index is 13.2. The lowest BCUT2D eigenvalue weighted by Gasteiger charge is -2.35. The van der Waals surface area contributed by atoms with E-state index in [1.54, 1.807) is 6.07 Å². The second-order valence-corrected chi connectivity index (χ2v) is 9.34. The zero-order valence-corrected chi connectivity index (χ0v) is 19.0. The van der Waals surface area contributed by atoms with Crippen LogP contribution in [-0.2, 0) is 12.8 Å². The van der Waals surface area contributed by atoms with Gasteiger partial charge in [-0.2, -0.15) is 0 Å². The fraction of sp³-hybridized carbons (Fsp3) is 0.320. The molecule has 2 amide bonds. The van der Waals surface area contributed by atoms with Crippen LogP contribution in [0, 0.1) is 6.92 Å². The van der Waals surface area contributed by atoms with Crippen molar-refractivity contribution >= 4 is 34.0 Å². The molecule has 2 aromatic heterocycles. The number of piperazine rings is 1. The number of hydrogen-bond acceptors (Lipinski definition) is 5. The van der Waals surface area contributed by atoms with Crippen molar-refractivity contribution in [3.8, 4) is 0 Å². The summed E-state index contributed by atoms with van der Waals surface area (Å²) in [5.41, 5.74) is 4.99. The molecule has 164 valence electrons. The van der Waals surface area contributed by atoms with Gasteiger partial charge < -0.3 is 15.1 Å². The molecule has 5 rings (SSSR count). The molecule has 6 nitrogen and oxygen atoms in total. The third-order valence-electron chi connectivity index (χ3n) is 6.28. The molecule has 1 saturated heterocycles. The zero-order chi connectivity index (χ0) is 22.1. The number of benzene rings is 1. The smallest absolute Gasteiger partial charge is 0.256 e. The third-order valence-corrected chi connectivity index (χ3v) is 7.11. The predicted molar refractivity (Wildman–Crippen MR) is 128 cm³/mol. The second-order valence-electron chi connectivity index (χ2n) is 8.43. The monoisotopic (exact) mass is 446 g/mol. The minimum absolute atomic E-state index is 0.0349. The largest absolute Gasteiger partial charge is 0.353 e. The van der Waals surface area contributed by atoms with E-state index in [1.165, 1.54) is 28.0 Å². The van der Waals surface area contributed by atoms with Crippen LogP contribution in [-0.4, -0.2) is 47.9 Å². The number of rotatable bonds is 4. The summed E-state index contributed by atoms with van der Waals surface area (Å²) in [6.45, 7) is 4.79. The fourth-order valence-corrected chi connectivity index (χ4v) is 5.24. The summed E-state index contributed by atoms with van der Waals surface area (Å²) in [6.07, 6.45) is 5.10. The second kappa shape index (κ2) is 8.74. The maximum atomic E-state index is 13.2. The number of aromatic nitrogens is 1. The molecule has 0 unspecified atom stereocenters. The van der Waals surface area contributed by atoms with Gasteiger partial charge in [0.05, 0.1) is 5.56 Å². The van der Waals surface area contributed by atoms with Gasteiger partial charge in [0, 0.05) is 37.9 Å². The molecule has 1 aliphatic heterocycles. The Bertz CT molecular complexity index is 1160. The molecule has 3 aromatic rings. The van der Waals surface area contributed by atoms with E-state index in [-0.39, 0.29) is 11.8 Å². The van der Waals surface area contributed by atoms with Gasteiger partial charge in [0.15, 0.2) is 0 Å². The van der Waals surface area contributed by atoms with Gasteiger partial charge in [-0.3, -0.25) is 9.59 Å². The number of nitrogens with one attached hydrogen (secondary N) is 1. The zero-order valence-electron chi connectivity index (χ0n) is 18.1. The van der Waals surface area contributed by atoms with Crippen molar-refractivity contribution in [2.45, 2.75) is 26.2 Å². The number of thiophene rings is 1. The number of anilines is 2. The Kier molecular flexibility index (Phi) is 5.66. The Labute approximate surface area is 191 Å². The van der Waals surface area contributed by atoms with Crippen molar-refractivity contribution in [3.63, 3.8) is 0 Å². The van der Waals surface area contributed by atoms with Gasteiger partial charge in [0.1, 0.15) is 10.8 Å². The van der Waals surface area contributed by atoms with Crippen molar-refractivity contribution in [3.05, 3.63) is 75.8 Å². The first kappa shape index (κ1) is 20.7. The lowest BCUT2D eigenvalue weighted by Crippen LogP contribution is -2.49. The molecule has 1 fully saturated rings. The highest BCUT2D eigenvalue weighted by molar-refractivity contribution is 7.14. The standard InChI is InChI=1S/C25H26N4O2S/c1-17-7-9-26-22(15-17)28-10-12-29(13-11-28)25(31)21-8-14-32-24(21)27-23(30)20-6-5-18-3-2-4-19(18)16-20/h5-9,14-16H,2-4,10-13H2,1H3,(H,27,30).